The lowest BCUT2D eigenvalue weighted by Crippen LogP contribution is -2.17. The molecule has 0 unspecified atom stereocenters. The third-order valence-corrected chi connectivity index (χ3v) is 5.90. The van der Waals surface area contributed by atoms with E-state index in [0.29, 0.717) is 16.5 Å². The van der Waals surface area contributed by atoms with E-state index < -0.39 is 0 Å². The summed E-state index contributed by atoms with van der Waals surface area (Å²) < 4.78 is 1.24. The number of nitrogens with zero attached hydrogens (tertiary/aromatic N) is 4. The SMILES string of the molecule is CC(=O)Nc1cccc(NC(=O)CSc2nnc(N/N=C(\C)c3ccc4ccccc4c3)n2N)c1. The third-order valence-electron chi connectivity index (χ3n) is 4.95. The number of nitrogens with one attached hydrogen (secondary N) is 3. The molecule has 1 heterocycles. The van der Waals surface area contributed by atoms with Crippen LogP contribution in [-0.2, 0) is 9.59 Å². The molecule has 11 heteroatoms. The maximum atomic E-state index is 12.3. The number of aromatic nitrogens is 3. The standard InChI is InChI=1S/C24H24N8O2S/c1-15(18-11-10-17-6-3-4-7-19(17)12-18)28-29-23-30-31-24(32(23)25)35-14-22(34)27-21-9-5-8-20(13-21)26-16(2)33/h3-13H,14,25H2,1-2H3,(H,26,33)(H,27,34)(H,29,30)/b28-15+. The number of benzene rings is 3. The van der Waals surface area contributed by atoms with Gasteiger partial charge in [-0.25, -0.2) is 10.1 Å². The van der Waals surface area contributed by atoms with Gasteiger partial charge in [0, 0.05) is 18.3 Å². The Morgan fingerprint density at radius 3 is 2.46 bits per heavy atom. The number of carbonyl (C=O) groups is 2. The molecule has 1 aromatic heterocycles. The molecule has 0 saturated carbocycles. The summed E-state index contributed by atoms with van der Waals surface area (Å²) in [5.41, 5.74) is 5.72. The summed E-state index contributed by atoms with van der Waals surface area (Å²) in [5.74, 6) is 5.95. The lowest BCUT2D eigenvalue weighted by atomic mass is 10.0. The Hall–Kier alpha value is -4.38. The first kappa shape index (κ1) is 23.8. The van der Waals surface area contributed by atoms with E-state index in [1.807, 2.05) is 31.2 Å². The predicted molar refractivity (Wildman–Crippen MR) is 140 cm³/mol. The second-order valence-electron chi connectivity index (χ2n) is 7.65. The van der Waals surface area contributed by atoms with Crippen LogP contribution in [0.25, 0.3) is 10.8 Å². The van der Waals surface area contributed by atoms with Crippen molar-refractivity contribution in [3.63, 3.8) is 0 Å². The quantitative estimate of drug-likeness (QED) is 0.128. The molecule has 0 saturated heterocycles. The van der Waals surface area contributed by atoms with Crippen molar-refractivity contribution < 1.29 is 9.59 Å². The minimum atomic E-state index is -0.252. The van der Waals surface area contributed by atoms with E-state index in [-0.39, 0.29) is 23.5 Å². The summed E-state index contributed by atoms with van der Waals surface area (Å²) in [6.45, 7) is 3.30. The normalized spacial score (nSPS) is 11.3. The molecule has 0 fully saturated rings. The molecule has 35 heavy (non-hydrogen) atoms. The lowest BCUT2D eigenvalue weighted by Gasteiger charge is -2.08. The van der Waals surface area contributed by atoms with Gasteiger partial charge in [0.25, 0.3) is 5.95 Å². The number of thioether (sulfide) groups is 1. The van der Waals surface area contributed by atoms with Crippen molar-refractivity contribution >= 4 is 57.4 Å². The van der Waals surface area contributed by atoms with E-state index in [2.05, 4.69) is 49.6 Å². The molecular formula is C24H24N8O2S. The molecule has 4 aromatic rings. The number of fused-ring (bicyclic) bond motifs is 1. The zero-order valence-electron chi connectivity index (χ0n) is 19.1. The molecule has 0 aliphatic rings. The number of amides is 2. The zero-order valence-corrected chi connectivity index (χ0v) is 20.0. The van der Waals surface area contributed by atoms with E-state index in [1.54, 1.807) is 24.3 Å². The summed E-state index contributed by atoms with van der Waals surface area (Å²) >= 11 is 1.14. The fourth-order valence-corrected chi connectivity index (χ4v) is 3.93. The summed E-state index contributed by atoms with van der Waals surface area (Å²) in [7, 11) is 0. The minimum absolute atomic E-state index is 0.0685. The van der Waals surface area contributed by atoms with Crippen LogP contribution in [0.3, 0.4) is 0 Å². The predicted octanol–water partition coefficient (Wildman–Crippen LogP) is 3.67. The Kier molecular flexibility index (Phi) is 7.27. The maximum Gasteiger partial charge on any atom is 0.264 e. The van der Waals surface area contributed by atoms with Crippen molar-refractivity contribution in [2.24, 2.45) is 5.10 Å². The van der Waals surface area contributed by atoms with Crippen molar-refractivity contribution in [2.75, 3.05) is 27.7 Å². The fraction of sp³-hybridized carbons (Fsp3) is 0.125. The molecule has 0 atom stereocenters. The summed E-state index contributed by atoms with van der Waals surface area (Å²) in [4.78, 5) is 23.5. The van der Waals surface area contributed by atoms with Gasteiger partial charge in [0.2, 0.25) is 17.0 Å². The van der Waals surface area contributed by atoms with E-state index in [4.69, 9.17) is 5.84 Å². The lowest BCUT2D eigenvalue weighted by molar-refractivity contribution is -0.114. The molecule has 178 valence electrons. The van der Waals surface area contributed by atoms with Crippen LogP contribution in [0.5, 0.6) is 0 Å². The van der Waals surface area contributed by atoms with Gasteiger partial charge in [-0.1, -0.05) is 54.2 Å². The molecule has 0 bridgehead atoms. The highest BCUT2D eigenvalue weighted by atomic mass is 32.2. The van der Waals surface area contributed by atoms with Crippen molar-refractivity contribution in [2.45, 2.75) is 19.0 Å². The van der Waals surface area contributed by atoms with Crippen molar-refractivity contribution in [1.29, 1.82) is 0 Å². The second-order valence-corrected chi connectivity index (χ2v) is 8.59. The Balaban J connectivity index is 1.34. The molecule has 3 aromatic carbocycles. The molecule has 0 aliphatic carbocycles. The smallest absolute Gasteiger partial charge is 0.264 e. The zero-order chi connectivity index (χ0) is 24.8. The van der Waals surface area contributed by atoms with Gasteiger partial charge in [0.1, 0.15) is 0 Å². The molecule has 0 radical (unpaired) electrons. The van der Waals surface area contributed by atoms with Crippen LogP contribution < -0.4 is 21.9 Å². The van der Waals surface area contributed by atoms with Crippen LogP contribution in [0.2, 0.25) is 0 Å². The topological polar surface area (TPSA) is 139 Å². The van der Waals surface area contributed by atoms with Gasteiger partial charge in [-0.15, -0.1) is 10.2 Å². The highest BCUT2D eigenvalue weighted by Gasteiger charge is 2.13. The number of nitrogen functional groups attached to an aromatic ring is 1. The van der Waals surface area contributed by atoms with Gasteiger partial charge in [-0.3, -0.25) is 9.59 Å². The Bertz CT molecular complexity index is 1420. The Labute approximate surface area is 206 Å². The molecule has 5 N–H and O–H groups in total. The van der Waals surface area contributed by atoms with Crippen LogP contribution >= 0.6 is 11.8 Å². The fourth-order valence-electron chi connectivity index (χ4n) is 3.27. The number of anilines is 3. The van der Waals surface area contributed by atoms with E-state index >= 15 is 0 Å². The Morgan fingerprint density at radius 1 is 0.943 bits per heavy atom. The van der Waals surface area contributed by atoms with Gasteiger partial charge >= 0.3 is 0 Å². The summed E-state index contributed by atoms with van der Waals surface area (Å²) in [6, 6.07) is 21.1. The molecular weight excluding hydrogens is 464 g/mol. The van der Waals surface area contributed by atoms with Crippen LogP contribution in [0.1, 0.15) is 19.4 Å². The number of hydrogen-bond donors (Lipinski definition) is 4. The first-order valence-electron chi connectivity index (χ1n) is 10.7. The van der Waals surface area contributed by atoms with Gasteiger partial charge in [0.15, 0.2) is 0 Å². The molecule has 2 amide bonds. The maximum absolute atomic E-state index is 12.3. The average molecular weight is 489 g/mol. The first-order chi connectivity index (χ1) is 16.9. The number of carbonyl (C=O) groups excluding carboxylic acids is 2. The molecule has 10 nitrogen and oxygen atoms in total. The number of hydrogen-bond acceptors (Lipinski definition) is 8. The summed E-state index contributed by atoms with van der Waals surface area (Å²) in [6.07, 6.45) is 0. The monoisotopic (exact) mass is 488 g/mol. The summed E-state index contributed by atoms with van der Waals surface area (Å²) in [5, 5.41) is 20.5. The second kappa shape index (κ2) is 10.7. The van der Waals surface area contributed by atoms with Crippen molar-refractivity contribution in [3.8, 4) is 0 Å². The van der Waals surface area contributed by atoms with E-state index in [0.717, 1.165) is 33.8 Å². The van der Waals surface area contributed by atoms with Gasteiger partial charge in [-0.05, 0) is 47.5 Å². The van der Waals surface area contributed by atoms with Crippen molar-refractivity contribution in [1.82, 2.24) is 14.9 Å². The first-order valence-corrected chi connectivity index (χ1v) is 11.7. The van der Waals surface area contributed by atoms with Crippen LogP contribution in [-0.4, -0.2) is 38.2 Å². The average Bonchev–Trinajstić information content (AvgIpc) is 3.19. The van der Waals surface area contributed by atoms with Crippen LogP contribution in [0.15, 0.2) is 77.0 Å². The molecule has 0 aliphatic heterocycles. The van der Waals surface area contributed by atoms with Crippen LogP contribution in [0, 0.1) is 0 Å². The van der Waals surface area contributed by atoms with Crippen LogP contribution in [0.4, 0.5) is 17.3 Å². The highest BCUT2D eigenvalue weighted by Crippen LogP contribution is 2.20. The van der Waals surface area contributed by atoms with E-state index in [9.17, 15) is 9.59 Å². The third kappa shape index (κ3) is 6.15. The van der Waals surface area contributed by atoms with Crippen molar-refractivity contribution in [3.05, 3.63) is 72.3 Å². The number of nitrogens with two attached hydrogens (primary N) is 1. The van der Waals surface area contributed by atoms with Gasteiger partial charge in [-0.2, -0.15) is 5.10 Å². The number of rotatable bonds is 8. The van der Waals surface area contributed by atoms with Gasteiger partial charge < -0.3 is 16.5 Å². The van der Waals surface area contributed by atoms with Gasteiger partial charge in [0.05, 0.1) is 11.5 Å². The Morgan fingerprint density at radius 2 is 1.69 bits per heavy atom. The highest BCUT2D eigenvalue weighted by molar-refractivity contribution is 7.99. The van der Waals surface area contributed by atoms with E-state index in [1.165, 1.54) is 11.6 Å². The molecule has 0 spiro atoms. The molecule has 4 rings (SSSR count). The minimum Gasteiger partial charge on any atom is -0.334 e. The largest absolute Gasteiger partial charge is 0.334 e. The number of hydrazone groups is 1.